The van der Waals surface area contributed by atoms with E-state index in [9.17, 15) is 9.50 Å². The number of halogens is 1. The molecule has 0 aliphatic rings. The molecule has 0 saturated carbocycles. The second-order valence-corrected chi connectivity index (χ2v) is 3.89. The van der Waals surface area contributed by atoms with Crippen LogP contribution in [-0.2, 0) is 0 Å². The molecule has 0 aliphatic heterocycles. The van der Waals surface area contributed by atoms with Crippen LogP contribution >= 0.6 is 0 Å². The summed E-state index contributed by atoms with van der Waals surface area (Å²) >= 11 is 0. The minimum atomic E-state index is -0.531. The molecule has 1 aromatic heterocycles. The van der Waals surface area contributed by atoms with Gasteiger partial charge in [0.05, 0.1) is 11.6 Å². The van der Waals surface area contributed by atoms with E-state index in [-0.39, 0.29) is 0 Å². The van der Waals surface area contributed by atoms with Crippen LogP contribution in [0.1, 0.15) is 20.8 Å². The van der Waals surface area contributed by atoms with Crippen molar-refractivity contribution in [3.8, 4) is 0 Å². The summed E-state index contributed by atoms with van der Waals surface area (Å²) in [5.74, 6) is -0.531. The fourth-order valence-corrected chi connectivity index (χ4v) is 0.957. The van der Waals surface area contributed by atoms with Crippen molar-refractivity contribution < 1.29 is 9.50 Å². The van der Waals surface area contributed by atoms with Gasteiger partial charge in [0.2, 0.25) is 5.95 Å². The lowest BCUT2D eigenvalue weighted by Crippen LogP contribution is -2.41. The highest BCUT2D eigenvalue weighted by atomic mass is 19.1. The average molecular weight is 198 g/mol. The summed E-state index contributed by atoms with van der Waals surface area (Å²) in [4.78, 5) is 3.45. The van der Waals surface area contributed by atoms with Crippen LogP contribution in [0, 0.1) is 5.95 Å². The molecule has 1 atom stereocenters. The zero-order valence-corrected chi connectivity index (χ0v) is 8.58. The molecule has 1 aromatic rings. The highest BCUT2D eigenvalue weighted by molar-refractivity contribution is 5.43. The maximum absolute atomic E-state index is 12.7. The minimum absolute atomic E-state index is 0.492. The van der Waals surface area contributed by atoms with Crippen molar-refractivity contribution in [2.24, 2.45) is 0 Å². The van der Waals surface area contributed by atoms with Gasteiger partial charge in [0, 0.05) is 18.0 Å². The third-order valence-corrected chi connectivity index (χ3v) is 2.24. The fraction of sp³-hybridized carbons (Fsp3) is 0.500. The number of hydrogen-bond acceptors (Lipinski definition) is 3. The molecule has 78 valence electrons. The number of nitrogens with one attached hydrogen (secondary N) is 1. The number of anilines is 1. The van der Waals surface area contributed by atoms with Crippen molar-refractivity contribution in [1.82, 2.24) is 4.98 Å². The van der Waals surface area contributed by atoms with Gasteiger partial charge in [0.1, 0.15) is 0 Å². The van der Waals surface area contributed by atoms with Gasteiger partial charge in [-0.1, -0.05) is 0 Å². The van der Waals surface area contributed by atoms with E-state index in [0.717, 1.165) is 0 Å². The normalized spacial score (nSPS) is 13.8. The van der Waals surface area contributed by atoms with Gasteiger partial charge in [0.15, 0.2) is 0 Å². The molecule has 0 radical (unpaired) electrons. The largest absolute Gasteiger partial charge is 0.391 e. The molecule has 0 aliphatic carbocycles. The maximum Gasteiger partial charge on any atom is 0.214 e. The zero-order valence-electron chi connectivity index (χ0n) is 8.58. The standard InChI is InChI=1S/C10H15FN2O/c1-7(14)10(2,3)13-8-4-5-12-9(11)6-8/h4-7,14H,1-3H3,(H,12,13). The lowest BCUT2D eigenvalue weighted by Gasteiger charge is -2.30. The third kappa shape index (κ3) is 2.67. The number of nitrogens with zero attached hydrogens (tertiary/aromatic N) is 1. The first-order valence-corrected chi connectivity index (χ1v) is 4.49. The van der Waals surface area contributed by atoms with Crippen molar-refractivity contribution in [2.45, 2.75) is 32.4 Å². The molecule has 0 bridgehead atoms. The van der Waals surface area contributed by atoms with Crippen LogP contribution < -0.4 is 5.32 Å². The van der Waals surface area contributed by atoms with Crippen molar-refractivity contribution in [3.63, 3.8) is 0 Å². The summed E-state index contributed by atoms with van der Waals surface area (Å²) < 4.78 is 12.7. The van der Waals surface area contributed by atoms with Crippen molar-refractivity contribution >= 4 is 5.69 Å². The second kappa shape index (κ2) is 3.92. The van der Waals surface area contributed by atoms with E-state index in [1.54, 1.807) is 13.0 Å². The molecule has 1 rings (SSSR count). The topological polar surface area (TPSA) is 45.1 Å². The third-order valence-electron chi connectivity index (χ3n) is 2.24. The Labute approximate surface area is 83.0 Å². The number of pyridine rings is 1. The summed E-state index contributed by atoms with van der Waals surface area (Å²) in [7, 11) is 0. The lowest BCUT2D eigenvalue weighted by molar-refractivity contribution is 0.133. The van der Waals surface area contributed by atoms with Crippen LogP contribution in [0.3, 0.4) is 0 Å². The summed E-state index contributed by atoms with van der Waals surface area (Å²) in [6.07, 6.45) is 0.856. The molecule has 0 fully saturated rings. The molecule has 1 unspecified atom stereocenters. The van der Waals surface area contributed by atoms with Crippen LogP contribution in [-0.4, -0.2) is 21.7 Å². The Bertz CT molecular complexity index is 313. The molecule has 0 aromatic carbocycles. The van der Waals surface area contributed by atoms with Gasteiger partial charge in [-0.25, -0.2) is 4.98 Å². The molecule has 14 heavy (non-hydrogen) atoms. The smallest absolute Gasteiger partial charge is 0.214 e. The van der Waals surface area contributed by atoms with Crippen LogP contribution in [0.25, 0.3) is 0 Å². The van der Waals surface area contributed by atoms with Gasteiger partial charge in [-0.05, 0) is 26.8 Å². The van der Waals surface area contributed by atoms with Crippen molar-refractivity contribution in [1.29, 1.82) is 0 Å². The SMILES string of the molecule is CC(O)C(C)(C)Nc1ccnc(F)c1. The average Bonchev–Trinajstić information content (AvgIpc) is 2.02. The Hall–Kier alpha value is -1.16. The van der Waals surface area contributed by atoms with Gasteiger partial charge in [-0.2, -0.15) is 4.39 Å². The van der Waals surface area contributed by atoms with Gasteiger partial charge >= 0.3 is 0 Å². The highest BCUT2D eigenvalue weighted by Crippen LogP contribution is 2.17. The molecule has 3 nitrogen and oxygen atoms in total. The Balaban J connectivity index is 2.78. The first-order chi connectivity index (χ1) is 6.42. The minimum Gasteiger partial charge on any atom is -0.391 e. The van der Waals surface area contributed by atoms with E-state index in [1.807, 2.05) is 13.8 Å². The summed E-state index contributed by atoms with van der Waals surface area (Å²) in [5, 5.41) is 12.5. The number of aromatic nitrogens is 1. The molecular formula is C10H15FN2O. The van der Waals surface area contributed by atoms with Crippen molar-refractivity contribution in [2.75, 3.05) is 5.32 Å². The molecule has 0 spiro atoms. The van der Waals surface area contributed by atoms with Gasteiger partial charge < -0.3 is 10.4 Å². The first-order valence-electron chi connectivity index (χ1n) is 4.49. The highest BCUT2D eigenvalue weighted by Gasteiger charge is 2.23. The summed E-state index contributed by atoms with van der Waals surface area (Å²) in [6, 6.07) is 2.96. The monoisotopic (exact) mass is 198 g/mol. The molecule has 4 heteroatoms. The molecule has 0 amide bonds. The summed E-state index contributed by atoms with van der Waals surface area (Å²) in [5.41, 5.74) is 0.122. The molecule has 2 N–H and O–H groups in total. The Kier molecular flexibility index (Phi) is 3.06. The van der Waals surface area contributed by atoms with E-state index >= 15 is 0 Å². The van der Waals surface area contributed by atoms with Crippen LogP contribution in [0.15, 0.2) is 18.3 Å². The maximum atomic E-state index is 12.7. The molecular weight excluding hydrogens is 183 g/mol. The van der Waals surface area contributed by atoms with Gasteiger partial charge in [-0.3, -0.25) is 0 Å². The predicted molar refractivity (Wildman–Crippen MR) is 53.6 cm³/mol. The van der Waals surface area contributed by atoms with E-state index in [1.165, 1.54) is 12.3 Å². The van der Waals surface area contributed by atoms with Crippen LogP contribution in [0.4, 0.5) is 10.1 Å². The fourth-order valence-electron chi connectivity index (χ4n) is 0.957. The van der Waals surface area contributed by atoms with Gasteiger partial charge in [0.25, 0.3) is 0 Å². The number of rotatable bonds is 3. The van der Waals surface area contributed by atoms with Crippen LogP contribution in [0.2, 0.25) is 0 Å². The van der Waals surface area contributed by atoms with E-state index in [4.69, 9.17) is 0 Å². The second-order valence-electron chi connectivity index (χ2n) is 3.89. The van der Waals surface area contributed by atoms with Crippen molar-refractivity contribution in [3.05, 3.63) is 24.3 Å². The van der Waals surface area contributed by atoms with Crippen LogP contribution in [0.5, 0.6) is 0 Å². The predicted octanol–water partition coefficient (Wildman–Crippen LogP) is 1.79. The number of hydrogen-bond donors (Lipinski definition) is 2. The number of aliphatic hydroxyl groups excluding tert-OH is 1. The Morgan fingerprint density at radius 1 is 1.57 bits per heavy atom. The van der Waals surface area contributed by atoms with E-state index < -0.39 is 17.6 Å². The Morgan fingerprint density at radius 3 is 2.71 bits per heavy atom. The quantitative estimate of drug-likeness (QED) is 0.728. The van der Waals surface area contributed by atoms with E-state index in [0.29, 0.717) is 5.69 Å². The summed E-state index contributed by atoms with van der Waals surface area (Å²) in [6.45, 7) is 5.37. The first kappa shape index (κ1) is 10.9. The molecule has 0 saturated heterocycles. The van der Waals surface area contributed by atoms with Gasteiger partial charge in [-0.15, -0.1) is 0 Å². The lowest BCUT2D eigenvalue weighted by atomic mass is 9.98. The molecule has 1 heterocycles. The Morgan fingerprint density at radius 2 is 2.21 bits per heavy atom. The van der Waals surface area contributed by atoms with E-state index in [2.05, 4.69) is 10.3 Å². The number of aliphatic hydroxyl groups is 1. The zero-order chi connectivity index (χ0) is 10.8.